The van der Waals surface area contributed by atoms with E-state index >= 15 is 0 Å². The first-order valence-corrected chi connectivity index (χ1v) is 4.91. The van der Waals surface area contributed by atoms with Crippen LogP contribution in [0.4, 0.5) is 0 Å². The maximum atomic E-state index is 5.52. The largest absolute Gasteiger partial charge is 0.0985 e. The van der Waals surface area contributed by atoms with Crippen molar-refractivity contribution in [2.75, 3.05) is 0 Å². The summed E-state index contributed by atoms with van der Waals surface area (Å²) in [6, 6.07) is 20.6. The molecule has 74 valence electrons. The summed E-state index contributed by atoms with van der Waals surface area (Å²) in [6.45, 7) is 3.62. The molecule has 0 saturated heterocycles. The number of halogens is 1. The standard InChI is InChI=1S/C8H7.C6H4Cl/c1-2-8-6-4-3-5-7-8;7-6-4-2-1-3-5-6/h2,4-7H,1H2;2-5H. The van der Waals surface area contributed by atoms with E-state index in [9.17, 15) is 0 Å². The van der Waals surface area contributed by atoms with Crippen LogP contribution in [-0.4, -0.2) is 0 Å². The molecule has 2 radical (unpaired) electrons. The Kier molecular flexibility index (Phi) is 5.28. The van der Waals surface area contributed by atoms with E-state index in [1.807, 2.05) is 30.3 Å². The zero-order valence-corrected chi connectivity index (χ0v) is 9.04. The minimum absolute atomic E-state index is 0.763. The summed E-state index contributed by atoms with van der Waals surface area (Å²) < 4.78 is 0. The molecule has 0 aromatic heterocycles. The van der Waals surface area contributed by atoms with Crippen molar-refractivity contribution in [1.82, 2.24) is 0 Å². The van der Waals surface area contributed by atoms with Crippen molar-refractivity contribution >= 4 is 17.7 Å². The molecule has 0 aliphatic heterocycles. The molecule has 1 heteroatoms. The van der Waals surface area contributed by atoms with Crippen LogP contribution in [-0.2, 0) is 0 Å². The average molecular weight is 215 g/mol. The summed E-state index contributed by atoms with van der Waals surface area (Å²) in [5.74, 6) is 0. The Bertz CT molecular complexity index is 379. The summed E-state index contributed by atoms with van der Waals surface area (Å²) in [7, 11) is 0. The lowest BCUT2D eigenvalue weighted by Crippen LogP contribution is -1.64. The third kappa shape index (κ3) is 5.04. The molecular weight excluding hydrogens is 204 g/mol. The van der Waals surface area contributed by atoms with Crippen molar-refractivity contribution < 1.29 is 0 Å². The molecule has 0 fully saturated rings. The third-order valence-corrected chi connectivity index (χ3v) is 1.91. The van der Waals surface area contributed by atoms with Crippen LogP contribution in [0.25, 0.3) is 6.08 Å². The summed E-state index contributed by atoms with van der Waals surface area (Å²) in [6.07, 6.45) is 1.81. The maximum Gasteiger partial charge on any atom is 0.0406 e. The van der Waals surface area contributed by atoms with Crippen LogP contribution in [0.1, 0.15) is 5.56 Å². The van der Waals surface area contributed by atoms with Crippen LogP contribution >= 0.6 is 11.6 Å². The van der Waals surface area contributed by atoms with E-state index < -0.39 is 0 Å². The van der Waals surface area contributed by atoms with Gasteiger partial charge in [0.15, 0.2) is 0 Å². The summed E-state index contributed by atoms with van der Waals surface area (Å²) in [5, 5.41) is 0.763. The first-order valence-electron chi connectivity index (χ1n) is 4.53. The van der Waals surface area contributed by atoms with Crippen molar-refractivity contribution in [3.05, 3.63) is 77.8 Å². The highest BCUT2D eigenvalue weighted by molar-refractivity contribution is 6.30. The maximum absolute atomic E-state index is 5.52. The molecule has 2 aromatic rings. The first-order chi connectivity index (χ1) is 7.33. The number of benzene rings is 2. The Morgan fingerprint density at radius 3 is 1.67 bits per heavy atom. The molecule has 15 heavy (non-hydrogen) atoms. The molecule has 0 bridgehead atoms. The Morgan fingerprint density at radius 1 is 0.933 bits per heavy atom. The fourth-order valence-electron chi connectivity index (χ4n) is 0.902. The van der Waals surface area contributed by atoms with Gasteiger partial charge in [0.25, 0.3) is 0 Å². The highest BCUT2D eigenvalue weighted by Crippen LogP contribution is 2.03. The van der Waals surface area contributed by atoms with Gasteiger partial charge in [0.2, 0.25) is 0 Å². The fourth-order valence-corrected chi connectivity index (χ4v) is 1.03. The number of rotatable bonds is 1. The predicted octanol–water partition coefficient (Wildman–Crippen LogP) is 4.27. The molecule has 0 N–H and O–H groups in total. The zero-order valence-electron chi connectivity index (χ0n) is 8.28. The summed E-state index contributed by atoms with van der Waals surface area (Å²) >= 11 is 5.52. The second-order valence-corrected chi connectivity index (χ2v) is 3.19. The second kappa shape index (κ2) is 6.86. The monoisotopic (exact) mass is 214 g/mol. The van der Waals surface area contributed by atoms with Gasteiger partial charge in [0.05, 0.1) is 0 Å². The van der Waals surface area contributed by atoms with Gasteiger partial charge in [-0.3, -0.25) is 0 Å². The molecule has 2 rings (SSSR count). The second-order valence-electron chi connectivity index (χ2n) is 2.76. The molecule has 0 heterocycles. The smallest absolute Gasteiger partial charge is 0.0406 e. The molecule has 2 aromatic carbocycles. The minimum atomic E-state index is 0.763. The van der Waals surface area contributed by atoms with E-state index in [1.54, 1.807) is 24.3 Å². The van der Waals surface area contributed by atoms with Gasteiger partial charge < -0.3 is 0 Å². The van der Waals surface area contributed by atoms with Crippen LogP contribution < -0.4 is 0 Å². The van der Waals surface area contributed by atoms with Crippen molar-refractivity contribution in [2.24, 2.45) is 0 Å². The van der Waals surface area contributed by atoms with Crippen LogP contribution in [0.5, 0.6) is 0 Å². The topological polar surface area (TPSA) is 0 Å². The van der Waals surface area contributed by atoms with Crippen LogP contribution in [0.2, 0.25) is 5.02 Å². The fraction of sp³-hybridized carbons (Fsp3) is 0. The average Bonchev–Trinajstić information content (AvgIpc) is 2.32. The van der Waals surface area contributed by atoms with Crippen LogP contribution in [0.15, 0.2) is 55.1 Å². The molecule has 0 aliphatic carbocycles. The first kappa shape index (κ1) is 11.5. The zero-order chi connectivity index (χ0) is 10.9. The molecule has 0 atom stereocenters. The lowest BCUT2D eigenvalue weighted by molar-refractivity contribution is 1.65. The van der Waals surface area contributed by atoms with Gasteiger partial charge in [-0.15, -0.1) is 0 Å². The van der Waals surface area contributed by atoms with Gasteiger partial charge in [-0.25, -0.2) is 0 Å². The van der Waals surface area contributed by atoms with Crippen molar-refractivity contribution in [2.45, 2.75) is 0 Å². The molecule has 0 saturated carbocycles. The summed E-state index contributed by atoms with van der Waals surface area (Å²) in [4.78, 5) is 0. The van der Waals surface area contributed by atoms with E-state index in [-0.39, 0.29) is 0 Å². The van der Waals surface area contributed by atoms with E-state index in [0.29, 0.717) is 0 Å². The lowest BCUT2D eigenvalue weighted by Gasteiger charge is -1.84. The van der Waals surface area contributed by atoms with E-state index in [1.165, 1.54) is 0 Å². The molecule has 0 spiro atoms. The van der Waals surface area contributed by atoms with E-state index in [2.05, 4.69) is 18.7 Å². The highest BCUT2D eigenvalue weighted by Gasteiger charge is 1.76. The van der Waals surface area contributed by atoms with Crippen molar-refractivity contribution in [3.8, 4) is 0 Å². The van der Waals surface area contributed by atoms with Gasteiger partial charge in [-0.1, -0.05) is 60.7 Å². The molecule has 0 unspecified atom stereocenters. The lowest BCUT2D eigenvalue weighted by atomic mass is 10.2. The van der Waals surface area contributed by atoms with Gasteiger partial charge >= 0.3 is 0 Å². The molecule has 0 nitrogen and oxygen atoms in total. The van der Waals surface area contributed by atoms with Crippen molar-refractivity contribution in [1.29, 1.82) is 0 Å². The quantitative estimate of drug-likeness (QED) is 0.665. The number of hydrogen-bond donors (Lipinski definition) is 0. The Balaban J connectivity index is 0.000000151. The number of hydrogen-bond acceptors (Lipinski definition) is 0. The van der Waals surface area contributed by atoms with E-state index in [0.717, 1.165) is 10.6 Å². The van der Waals surface area contributed by atoms with Crippen LogP contribution in [0, 0.1) is 12.1 Å². The van der Waals surface area contributed by atoms with Gasteiger partial charge in [0, 0.05) is 5.02 Å². The van der Waals surface area contributed by atoms with E-state index in [4.69, 9.17) is 11.6 Å². The van der Waals surface area contributed by atoms with Gasteiger partial charge in [-0.2, -0.15) is 0 Å². The predicted molar refractivity (Wildman–Crippen MR) is 65.7 cm³/mol. The molecular formula is C14H11Cl. The SMILES string of the molecule is C=Cc1cc[c]cc1.Clc1cc[c]cc1. The van der Waals surface area contributed by atoms with Crippen molar-refractivity contribution in [3.63, 3.8) is 0 Å². The van der Waals surface area contributed by atoms with Gasteiger partial charge in [-0.05, 0) is 29.8 Å². The third-order valence-electron chi connectivity index (χ3n) is 1.66. The Hall–Kier alpha value is -1.53. The van der Waals surface area contributed by atoms with Crippen LogP contribution in [0.3, 0.4) is 0 Å². The summed E-state index contributed by atoms with van der Waals surface area (Å²) in [5.41, 5.74) is 1.14. The minimum Gasteiger partial charge on any atom is -0.0985 e. The molecule has 0 aliphatic rings. The van der Waals surface area contributed by atoms with Gasteiger partial charge in [0.1, 0.15) is 0 Å². The Labute approximate surface area is 95.8 Å². The highest BCUT2D eigenvalue weighted by atomic mass is 35.5. The molecule has 0 amide bonds. The normalized spacial score (nSPS) is 8.60. The Morgan fingerprint density at radius 2 is 1.40 bits per heavy atom.